The lowest BCUT2D eigenvalue weighted by molar-refractivity contribution is -0.141. The molecule has 0 spiro atoms. The number of hydrogen-bond acceptors (Lipinski definition) is 2. The van der Waals surface area contributed by atoms with E-state index in [9.17, 15) is 4.79 Å². The molecule has 98 valence electrons. The first-order valence-corrected chi connectivity index (χ1v) is 6.70. The van der Waals surface area contributed by atoms with E-state index in [4.69, 9.17) is 4.74 Å². The second kappa shape index (κ2) is 11.4. The molecular weight excluding hydrogens is 212 g/mol. The monoisotopic (exact) mass is 238 g/mol. The molecule has 0 atom stereocenters. The van der Waals surface area contributed by atoms with Crippen LogP contribution in [-0.4, -0.2) is 12.1 Å². The van der Waals surface area contributed by atoms with Crippen molar-refractivity contribution in [2.24, 2.45) is 0 Å². The SMILES string of the molecule is CCCCCCC/C=C\C=C\C(=O)OC(C)C. The van der Waals surface area contributed by atoms with Crippen LogP contribution >= 0.6 is 0 Å². The lowest BCUT2D eigenvalue weighted by Crippen LogP contribution is -2.08. The molecule has 0 N–H and O–H groups in total. The van der Waals surface area contributed by atoms with Gasteiger partial charge in [-0.1, -0.05) is 50.8 Å². The maximum Gasteiger partial charge on any atom is 0.330 e. The summed E-state index contributed by atoms with van der Waals surface area (Å²) < 4.78 is 4.96. The van der Waals surface area contributed by atoms with Crippen LogP contribution in [0.15, 0.2) is 24.3 Å². The molecule has 0 fully saturated rings. The predicted octanol–water partition coefficient (Wildman–Crippen LogP) is 4.41. The fourth-order valence-electron chi connectivity index (χ4n) is 1.45. The van der Waals surface area contributed by atoms with E-state index in [1.54, 1.807) is 6.08 Å². The molecule has 0 aliphatic rings. The molecule has 0 rings (SSSR count). The minimum atomic E-state index is -0.271. The number of allylic oxidation sites excluding steroid dienone is 3. The molecule has 2 heteroatoms. The highest BCUT2D eigenvalue weighted by molar-refractivity contribution is 5.82. The second-order valence-electron chi connectivity index (χ2n) is 4.48. The third kappa shape index (κ3) is 12.9. The molecule has 0 heterocycles. The second-order valence-corrected chi connectivity index (χ2v) is 4.48. The number of carbonyl (C=O) groups excluding carboxylic acids is 1. The Balaban J connectivity index is 3.46. The van der Waals surface area contributed by atoms with Gasteiger partial charge < -0.3 is 4.74 Å². The average Bonchev–Trinajstić information content (AvgIpc) is 2.26. The minimum absolute atomic E-state index is 0.0466. The third-order valence-corrected chi connectivity index (χ3v) is 2.31. The number of rotatable bonds is 9. The normalized spacial score (nSPS) is 11.8. The molecule has 0 aliphatic carbocycles. The van der Waals surface area contributed by atoms with Gasteiger partial charge in [0.05, 0.1) is 6.10 Å². The fourth-order valence-corrected chi connectivity index (χ4v) is 1.45. The van der Waals surface area contributed by atoms with E-state index < -0.39 is 0 Å². The lowest BCUT2D eigenvalue weighted by Gasteiger charge is -2.03. The van der Waals surface area contributed by atoms with E-state index in [-0.39, 0.29) is 12.1 Å². The van der Waals surface area contributed by atoms with Crippen molar-refractivity contribution in [3.05, 3.63) is 24.3 Å². The molecule has 2 nitrogen and oxygen atoms in total. The van der Waals surface area contributed by atoms with Crippen molar-refractivity contribution in [2.45, 2.75) is 65.4 Å². The molecule has 0 aromatic heterocycles. The highest BCUT2D eigenvalue weighted by atomic mass is 16.5. The van der Waals surface area contributed by atoms with Gasteiger partial charge in [-0.15, -0.1) is 0 Å². The zero-order valence-electron chi connectivity index (χ0n) is 11.4. The molecule has 0 amide bonds. The molecule has 0 saturated carbocycles. The number of carbonyl (C=O) groups is 1. The van der Waals surface area contributed by atoms with Crippen LogP contribution in [0.4, 0.5) is 0 Å². The molecule has 17 heavy (non-hydrogen) atoms. The van der Waals surface area contributed by atoms with Crippen LogP contribution < -0.4 is 0 Å². The summed E-state index contributed by atoms with van der Waals surface area (Å²) in [6.07, 6.45) is 14.8. The molecular formula is C15H26O2. The summed E-state index contributed by atoms with van der Waals surface area (Å²) >= 11 is 0. The first-order valence-electron chi connectivity index (χ1n) is 6.70. The van der Waals surface area contributed by atoms with Gasteiger partial charge >= 0.3 is 5.97 Å². The molecule has 0 unspecified atom stereocenters. The predicted molar refractivity (Wildman–Crippen MR) is 72.9 cm³/mol. The molecule has 0 radical (unpaired) electrons. The van der Waals surface area contributed by atoms with Crippen LogP contribution in [0.3, 0.4) is 0 Å². The summed E-state index contributed by atoms with van der Waals surface area (Å²) in [6.45, 7) is 5.91. The Bertz CT molecular complexity index is 239. The minimum Gasteiger partial charge on any atom is -0.460 e. The van der Waals surface area contributed by atoms with E-state index in [1.807, 2.05) is 19.9 Å². The maximum atomic E-state index is 11.1. The topological polar surface area (TPSA) is 26.3 Å². The van der Waals surface area contributed by atoms with Crippen LogP contribution in [0.1, 0.15) is 59.3 Å². The van der Waals surface area contributed by atoms with Crippen molar-refractivity contribution in [3.63, 3.8) is 0 Å². The average molecular weight is 238 g/mol. The van der Waals surface area contributed by atoms with E-state index in [1.165, 1.54) is 38.2 Å². The summed E-state index contributed by atoms with van der Waals surface area (Å²) in [6, 6.07) is 0. The van der Waals surface area contributed by atoms with Crippen LogP contribution in [-0.2, 0) is 9.53 Å². The van der Waals surface area contributed by atoms with Gasteiger partial charge in [-0.25, -0.2) is 4.79 Å². The van der Waals surface area contributed by atoms with Crippen LogP contribution in [0.5, 0.6) is 0 Å². The molecule has 0 saturated heterocycles. The van der Waals surface area contributed by atoms with Crippen LogP contribution in [0.2, 0.25) is 0 Å². The largest absolute Gasteiger partial charge is 0.460 e. The summed E-state index contributed by atoms with van der Waals surface area (Å²) in [5.41, 5.74) is 0. The molecule has 0 aliphatic heterocycles. The van der Waals surface area contributed by atoms with E-state index in [0.29, 0.717) is 0 Å². The van der Waals surface area contributed by atoms with E-state index in [0.717, 1.165) is 6.42 Å². The lowest BCUT2D eigenvalue weighted by atomic mass is 10.1. The quantitative estimate of drug-likeness (QED) is 0.257. The van der Waals surface area contributed by atoms with Crippen molar-refractivity contribution in [1.82, 2.24) is 0 Å². The first-order chi connectivity index (χ1) is 8.16. The van der Waals surface area contributed by atoms with Gasteiger partial charge in [0.1, 0.15) is 0 Å². The third-order valence-electron chi connectivity index (χ3n) is 2.31. The van der Waals surface area contributed by atoms with Gasteiger partial charge in [-0.05, 0) is 26.7 Å². The van der Waals surface area contributed by atoms with Crippen LogP contribution in [0, 0.1) is 0 Å². The zero-order valence-corrected chi connectivity index (χ0v) is 11.4. The van der Waals surface area contributed by atoms with E-state index >= 15 is 0 Å². The number of ether oxygens (including phenoxy) is 1. The summed E-state index contributed by atoms with van der Waals surface area (Å²) in [4.78, 5) is 11.1. The van der Waals surface area contributed by atoms with Crippen molar-refractivity contribution >= 4 is 5.97 Å². The first kappa shape index (κ1) is 16.0. The fraction of sp³-hybridized carbons (Fsp3) is 0.667. The highest BCUT2D eigenvalue weighted by Gasteiger charge is 1.97. The Labute approximate surface area is 106 Å². The van der Waals surface area contributed by atoms with Crippen molar-refractivity contribution in [2.75, 3.05) is 0 Å². The number of esters is 1. The van der Waals surface area contributed by atoms with Crippen molar-refractivity contribution in [3.8, 4) is 0 Å². The Hall–Kier alpha value is -1.05. The van der Waals surface area contributed by atoms with Gasteiger partial charge in [0.2, 0.25) is 0 Å². The number of unbranched alkanes of at least 4 members (excludes halogenated alkanes) is 5. The highest BCUT2D eigenvalue weighted by Crippen LogP contribution is 2.05. The standard InChI is InChI=1S/C15H26O2/c1-4-5-6-7-8-9-10-11-12-13-15(16)17-14(2)3/h10-14H,4-9H2,1-3H3/b11-10-,13-12+. The van der Waals surface area contributed by atoms with Gasteiger partial charge in [0, 0.05) is 6.08 Å². The van der Waals surface area contributed by atoms with Crippen LogP contribution in [0.25, 0.3) is 0 Å². The van der Waals surface area contributed by atoms with Gasteiger partial charge in [-0.2, -0.15) is 0 Å². The smallest absolute Gasteiger partial charge is 0.330 e. The molecule has 0 bridgehead atoms. The Kier molecular flexibility index (Phi) is 10.7. The zero-order chi connectivity index (χ0) is 12.9. The Morgan fingerprint density at radius 3 is 2.47 bits per heavy atom. The van der Waals surface area contributed by atoms with Crippen molar-refractivity contribution in [1.29, 1.82) is 0 Å². The van der Waals surface area contributed by atoms with E-state index in [2.05, 4.69) is 13.0 Å². The Morgan fingerprint density at radius 2 is 1.82 bits per heavy atom. The summed E-state index contributed by atoms with van der Waals surface area (Å²) in [5.74, 6) is -0.271. The Morgan fingerprint density at radius 1 is 1.12 bits per heavy atom. The summed E-state index contributed by atoms with van der Waals surface area (Å²) in [5, 5.41) is 0. The van der Waals surface area contributed by atoms with Gasteiger partial charge in [-0.3, -0.25) is 0 Å². The van der Waals surface area contributed by atoms with Crippen molar-refractivity contribution < 1.29 is 9.53 Å². The van der Waals surface area contributed by atoms with Gasteiger partial charge in [0.15, 0.2) is 0 Å². The van der Waals surface area contributed by atoms with Gasteiger partial charge in [0.25, 0.3) is 0 Å². The number of hydrogen-bond donors (Lipinski definition) is 0. The maximum absolute atomic E-state index is 11.1. The summed E-state index contributed by atoms with van der Waals surface area (Å²) in [7, 11) is 0. The molecule has 0 aromatic rings. The molecule has 0 aromatic carbocycles.